The highest BCUT2D eigenvalue weighted by atomic mass is 32.2. The van der Waals surface area contributed by atoms with Crippen molar-refractivity contribution >= 4 is 23.3 Å². The number of pyridine rings is 1. The molecule has 1 saturated carbocycles. The second-order valence-electron chi connectivity index (χ2n) is 4.63. The van der Waals surface area contributed by atoms with Gasteiger partial charge in [0.15, 0.2) is 0 Å². The highest BCUT2D eigenvalue weighted by Crippen LogP contribution is 2.40. The van der Waals surface area contributed by atoms with Crippen LogP contribution in [0.4, 0.5) is 11.5 Å². The summed E-state index contributed by atoms with van der Waals surface area (Å²) in [5.41, 5.74) is 1.16. The number of thioether (sulfide) groups is 1. The third-order valence-corrected chi connectivity index (χ3v) is 5.00. The Labute approximate surface area is 108 Å². The molecular weight excluding hydrogens is 230 g/mol. The van der Waals surface area contributed by atoms with Gasteiger partial charge in [0.05, 0.1) is 0 Å². The number of anilines is 2. The summed E-state index contributed by atoms with van der Waals surface area (Å²) in [6, 6.07) is 4.09. The summed E-state index contributed by atoms with van der Waals surface area (Å²) in [5, 5.41) is 6.61. The Kier molecular flexibility index (Phi) is 4.15. The van der Waals surface area contributed by atoms with Gasteiger partial charge < -0.3 is 10.6 Å². The first-order valence-corrected chi connectivity index (χ1v) is 7.43. The lowest BCUT2D eigenvalue weighted by molar-refractivity contribution is 0.640. The first kappa shape index (κ1) is 12.6. The molecule has 1 aliphatic rings. The molecule has 0 unspecified atom stereocenters. The Morgan fingerprint density at radius 3 is 2.82 bits per heavy atom. The number of nitrogens with zero attached hydrogens (tertiary/aromatic N) is 1. The molecule has 0 saturated heterocycles. The van der Waals surface area contributed by atoms with E-state index in [1.807, 2.05) is 31.1 Å². The minimum atomic E-state index is 0.447. The third kappa shape index (κ3) is 3.06. The maximum Gasteiger partial charge on any atom is 0.127 e. The summed E-state index contributed by atoms with van der Waals surface area (Å²) in [7, 11) is 1.90. The van der Waals surface area contributed by atoms with Crippen LogP contribution in [0.3, 0.4) is 0 Å². The summed E-state index contributed by atoms with van der Waals surface area (Å²) in [4.78, 5) is 4.22. The quantitative estimate of drug-likeness (QED) is 0.842. The maximum atomic E-state index is 4.22. The number of nitrogens with one attached hydrogen (secondary N) is 2. The number of hydrogen-bond donors (Lipinski definition) is 2. The molecule has 2 rings (SSSR count). The topological polar surface area (TPSA) is 37.0 Å². The normalized spacial score (nSPS) is 18.0. The zero-order valence-corrected chi connectivity index (χ0v) is 11.4. The molecular formula is C13H21N3S. The molecule has 1 aliphatic carbocycles. The van der Waals surface area contributed by atoms with Crippen molar-refractivity contribution < 1.29 is 0 Å². The van der Waals surface area contributed by atoms with Gasteiger partial charge in [-0.1, -0.05) is 12.8 Å². The monoisotopic (exact) mass is 251 g/mol. The molecule has 0 atom stereocenters. The highest BCUT2D eigenvalue weighted by molar-refractivity contribution is 8.00. The Hall–Kier alpha value is -0.900. The van der Waals surface area contributed by atoms with E-state index in [0.29, 0.717) is 4.75 Å². The largest absolute Gasteiger partial charge is 0.383 e. The lowest BCUT2D eigenvalue weighted by Crippen LogP contribution is -2.30. The molecule has 17 heavy (non-hydrogen) atoms. The summed E-state index contributed by atoms with van der Waals surface area (Å²) < 4.78 is 0.447. The molecule has 0 aromatic carbocycles. The molecule has 1 aromatic heterocycles. The van der Waals surface area contributed by atoms with Gasteiger partial charge in [0.25, 0.3) is 0 Å². The van der Waals surface area contributed by atoms with E-state index >= 15 is 0 Å². The van der Waals surface area contributed by atoms with Gasteiger partial charge in [-0.25, -0.2) is 4.98 Å². The van der Waals surface area contributed by atoms with Crippen LogP contribution in [0.5, 0.6) is 0 Å². The van der Waals surface area contributed by atoms with Gasteiger partial charge in [0, 0.05) is 36.3 Å². The summed E-state index contributed by atoms with van der Waals surface area (Å²) in [6.45, 7) is 1.06. The van der Waals surface area contributed by atoms with Gasteiger partial charge in [-0.15, -0.1) is 0 Å². The van der Waals surface area contributed by atoms with E-state index in [4.69, 9.17) is 0 Å². The first-order chi connectivity index (χ1) is 8.28. The van der Waals surface area contributed by atoms with Gasteiger partial charge >= 0.3 is 0 Å². The molecule has 2 N–H and O–H groups in total. The van der Waals surface area contributed by atoms with Crippen molar-refractivity contribution in [3.05, 3.63) is 18.3 Å². The lowest BCUT2D eigenvalue weighted by Gasteiger charge is -2.27. The van der Waals surface area contributed by atoms with Crippen LogP contribution in [0.25, 0.3) is 0 Å². The van der Waals surface area contributed by atoms with E-state index in [0.717, 1.165) is 18.1 Å². The van der Waals surface area contributed by atoms with Crippen LogP contribution in [0.15, 0.2) is 18.3 Å². The summed E-state index contributed by atoms with van der Waals surface area (Å²) in [6.07, 6.45) is 9.50. The maximum absolute atomic E-state index is 4.22. The van der Waals surface area contributed by atoms with Crippen LogP contribution in [0.1, 0.15) is 25.7 Å². The van der Waals surface area contributed by atoms with Crippen LogP contribution >= 0.6 is 11.8 Å². The molecule has 1 aromatic rings. The van der Waals surface area contributed by atoms with E-state index in [1.54, 1.807) is 0 Å². The van der Waals surface area contributed by atoms with E-state index in [2.05, 4.69) is 27.9 Å². The standard InChI is InChI=1S/C13H21N3S/c1-14-12-9-11(5-8-15-12)16-10-13(17-2)6-3-4-7-13/h5,8-9H,3-4,6-7,10H2,1-2H3,(H2,14,15,16). The molecule has 1 fully saturated rings. The third-order valence-electron chi connectivity index (χ3n) is 3.58. The van der Waals surface area contributed by atoms with Gasteiger partial charge in [0.1, 0.15) is 5.82 Å². The second kappa shape index (κ2) is 5.63. The summed E-state index contributed by atoms with van der Waals surface area (Å²) >= 11 is 2.02. The molecule has 0 spiro atoms. The molecule has 94 valence electrons. The fourth-order valence-electron chi connectivity index (χ4n) is 2.41. The fraction of sp³-hybridized carbons (Fsp3) is 0.615. The van der Waals surface area contributed by atoms with E-state index in [-0.39, 0.29) is 0 Å². The van der Waals surface area contributed by atoms with Gasteiger partial charge in [-0.2, -0.15) is 11.8 Å². The Balaban J connectivity index is 1.96. The minimum absolute atomic E-state index is 0.447. The second-order valence-corrected chi connectivity index (χ2v) is 5.90. The Bertz CT molecular complexity index is 361. The predicted octanol–water partition coefficient (Wildman–Crippen LogP) is 3.21. The van der Waals surface area contributed by atoms with Crippen molar-refractivity contribution in [1.29, 1.82) is 0 Å². The lowest BCUT2D eigenvalue weighted by atomic mass is 10.1. The first-order valence-electron chi connectivity index (χ1n) is 6.21. The minimum Gasteiger partial charge on any atom is -0.383 e. The molecule has 1 heterocycles. The van der Waals surface area contributed by atoms with Gasteiger partial charge in [-0.05, 0) is 25.2 Å². The van der Waals surface area contributed by atoms with Gasteiger partial charge in [0.2, 0.25) is 0 Å². The van der Waals surface area contributed by atoms with Crippen molar-refractivity contribution in [2.75, 3.05) is 30.5 Å². The van der Waals surface area contributed by atoms with Crippen molar-refractivity contribution in [3.8, 4) is 0 Å². The zero-order chi connectivity index (χ0) is 12.1. The number of aromatic nitrogens is 1. The molecule has 3 nitrogen and oxygen atoms in total. The van der Waals surface area contributed by atoms with Crippen LogP contribution < -0.4 is 10.6 Å². The van der Waals surface area contributed by atoms with Crippen LogP contribution in [-0.2, 0) is 0 Å². The van der Waals surface area contributed by atoms with E-state index in [9.17, 15) is 0 Å². The van der Waals surface area contributed by atoms with E-state index in [1.165, 1.54) is 25.7 Å². The fourth-order valence-corrected chi connectivity index (χ4v) is 3.33. The van der Waals surface area contributed by atoms with Crippen LogP contribution in [-0.4, -0.2) is 29.6 Å². The number of rotatable bonds is 5. The zero-order valence-electron chi connectivity index (χ0n) is 10.6. The van der Waals surface area contributed by atoms with Crippen molar-refractivity contribution in [2.24, 2.45) is 0 Å². The van der Waals surface area contributed by atoms with Crippen LogP contribution in [0, 0.1) is 0 Å². The Morgan fingerprint density at radius 2 is 2.18 bits per heavy atom. The predicted molar refractivity (Wildman–Crippen MR) is 77.0 cm³/mol. The summed E-state index contributed by atoms with van der Waals surface area (Å²) in [5.74, 6) is 0.916. The smallest absolute Gasteiger partial charge is 0.127 e. The van der Waals surface area contributed by atoms with Gasteiger partial charge in [-0.3, -0.25) is 0 Å². The SMILES string of the molecule is CNc1cc(NCC2(SC)CCCC2)ccn1. The molecule has 0 aliphatic heterocycles. The molecule has 0 radical (unpaired) electrons. The highest BCUT2D eigenvalue weighted by Gasteiger charge is 2.32. The van der Waals surface area contributed by atoms with Crippen molar-refractivity contribution in [2.45, 2.75) is 30.4 Å². The van der Waals surface area contributed by atoms with Crippen molar-refractivity contribution in [1.82, 2.24) is 4.98 Å². The molecule has 0 bridgehead atoms. The van der Waals surface area contributed by atoms with Crippen LogP contribution in [0.2, 0.25) is 0 Å². The van der Waals surface area contributed by atoms with E-state index < -0.39 is 0 Å². The average Bonchev–Trinajstić information content (AvgIpc) is 2.86. The molecule has 4 heteroatoms. The average molecular weight is 251 g/mol. The van der Waals surface area contributed by atoms with Crippen molar-refractivity contribution in [3.63, 3.8) is 0 Å². The Morgan fingerprint density at radius 1 is 1.41 bits per heavy atom. The molecule has 0 amide bonds. The number of hydrogen-bond acceptors (Lipinski definition) is 4.